The van der Waals surface area contributed by atoms with E-state index in [-0.39, 0.29) is 12.2 Å². The van der Waals surface area contributed by atoms with Gasteiger partial charge in [0.05, 0.1) is 6.33 Å². The molecule has 0 saturated carbocycles. The van der Waals surface area contributed by atoms with E-state index in [9.17, 15) is 9.59 Å². The van der Waals surface area contributed by atoms with Crippen molar-refractivity contribution in [1.29, 1.82) is 0 Å². The molecule has 0 spiro atoms. The molecule has 0 aliphatic rings. The van der Waals surface area contributed by atoms with E-state index in [1.807, 2.05) is 0 Å². The van der Waals surface area contributed by atoms with Crippen molar-refractivity contribution < 1.29 is 14.7 Å². The highest BCUT2D eigenvalue weighted by Gasteiger charge is 2.06. The van der Waals surface area contributed by atoms with Gasteiger partial charge in [-0.1, -0.05) is 0 Å². The van der Waals surface area contributed by atoms with Crippen LogP contribution in [0.25, 0.3) is 0 Å². The molecule has 0 atom stereocenters. The zero-order valence-corrected chi connectivity index (χ0v) is 6.10. The van der Waals surface area contributed by atoms with Crippen molar-refractivity contribution in [3.05, 3.63) is 18.2 Å². The van der Waals surface area contributed by atoms with Crippen LogP contribution in [0.15, 0.2) is 12.5 Å². The molecule has 6 heteroatoms. The van der Waals surface area contributed by atoms with Crippen molar-refractivity contribution in [1.82, 2.24) is 9.55 Å². The number of carboxylic acid groups (broad SMARTS) is 1. The summed E-state index contributed by atoms with van der Waals surface area (Å²) in [5.41, 5.74) is 4.77. The first-order chi connectivity index (χ1) is 5.59. The van der Waals surface area contributed by atoms with Gasteiger partial charge in [0.25, 0.3) is 0 Å². The number of hydrogen-bond acceptors (Lipinski definition) is 3. The van der Waals surface area contributed by atoms with Crippen molar-refractivity contribution in [3.63, 3.8) is 0 Å². The highest BCUT2D eigenvalue weighted by Crippen LogP contribution is 1.94. The van der Waals surface area contributed by atoms with Crippen LogP contribution in [0.4, 0.5) is 0 Å². The number of carboxylic acids is 1. The fourth-order valence-corrected chi connectivity index (χ4v) is 0.737. The number of imidazole rings is 1. The molecule has 0 aliphatic carbocycles. The van der Waals surface area contributed by atoms with Gasteiger partial charge in [-0.15, -0.1) is 0 Å². The maximum absolute atomic E-state index is 10.4. The monoisotopic (exact) mass is 169 g/mol. The predicted molar refractivity (Wildman–Crippen MR) is 38.4 cm³/mol. The molecule has 12 heavy (non-hydrogen) atoms. The summed E-state index contributed by atoms with van der Waals surface area (Å²) in [7, 11) is 0. The number of amides is 1. The number of nitrogens with zero attached hydrogens (tertiary/aromatic N) is 2. The first-order valence-corrected chi connectivity index (χ1v) is 3.13. The summed E-state index contributed by atoms with van der Waals surface area (Å²) in [6.07, 6.45) is 2.49. The number of carbonyl (C=O) groups is 2. The van der Waals surface area contributed by atoms with Gasteiger partial charge in [-0.25, -0.2) is 9.78 Å². The van der Waals surface area contributed by atoms with Gasteiger partial charge in [0, 0.05) is 6.20 Å². The van der Waals surface area contributed by atoms with Crippen LogP contribution in [0.5, 0.6) is 0 Å². The third-order valence-corrected chi connectivity index (χ3v) is 1.19. The van der Waals surface area contributed by atoms with Gasteiger partial charge in [-0.05, 0) is 0 Å². The van der Waals surface area contributed by atoms with E-state index in [4.69, 9.17) is 10.8 Å². The first kappa shape index (κ1) is 8.25. The van der Waals surface area contributed by atoms with Gasteiger partial charge in [0.1, 0.15) is 6.54 Å². The van der Waals surface area contributed by atoms with Crippen molar-refractivity contribution in [2.75, 3.05) is 0 Å². The Morgan fingerprint density at radius 2 is 2.33 bits per heavy atom. The third-order valence-electron chi connectivity index (χ3n) is 1.19. The molecule has 1 heterocycles. The largest absolute Gasteiger partial charge is 0.476 e. The molecular formula is C6H7N3O3. The van der Waals surface area contributed by atoms with Gasteiger partial charge in [-0.2, -0.15) is 0 Å². The lowest BCUT2D eigenvalue weighted by molar-refractivity contribution is -0.118. The van der Waals surface area contributed by atoms with E-state index in [2.05, 4.69) is 4.98 Å². The second-order valence-electron chi connectivity index (χ2n) is 2.20. The Kier molecular flexibility index (Phi) is 2.09. The van der Waals surface area contributed by atoms with Crippen molar-refractivity contribution in [2.24, 2.45) is 5.73 Å². The second kappa shape index (κ2) is 3.04. The Balaban J connectivity index is 2.77. The molecule has 0 aliphatic heterocycles. The summed E-state index contributed by atoms with van der Waals surface area (Å²) in [5.74, 6) is -1.66. The van der Waals surface area contributed by atoms with Crippen LogP contribution in [-0.4, -0.2) is 26.5 Å². The zero-order chi connectivity index (χ0) is 9.14. The summed E-state index contributed by atoms with van der Waals surface area (Å²) in [6.45, 7) is -0.0553. The number of aromatic carboxylic acids is 1. The molecule has 1 aromatic rings. The Labute approximate surface area is 67.6 Å². The smallest absolute Gasteiger partial charge is 0.356 e. The highest BCUT2D eigenvalue weighted by atomic mass is 16.4. The van der Waals surface area contributed by atoms with E-state index in [1.165, 1.54) is 17.1 Å². The molecule has 64 valence electrons. The SMILES string of the molecule is NC(=O)Cn1cnc(C(=O)O)c1. The number of primary amides is 1. The Bertz CT molecular complexity index is 318. The van der Waals surface area contributed by atoms with E-state index < -0.39 is 11.9 Å². The minimum absolute atomic E-state index is 0.0553. The van der Waals surface area contributed by atoms with Gasteiger partial charge in [0.15, 0.2) is 5.69 Å². The van der Waals surface area contributed by atoms with Crippen LogP contribution in [0, 0.1) is 0 Å². The summed E-state index contributed by atoms with van der Waals surface area (Å²) >= 11 is 0. The zero-order valence-electron chi connectivity index (χ0n) is 6.10. The Morgan fingerprint density at radius 1 is 1.67 bits per heavy atom. The molecular weight excluding hydrogens is 162 g/mol. The summed E-state index contributed by atoms with van der Waals surface area (Å²) < 4.78 is 1.31. The summed E-state index contributed by atoms with van der Waals surface area (Å²) in [6, 6.07) is 0. The molecule has 1 aromatic heterocycles. The highest BCUT2D eigenvalue weighted by molar-refractivity contribution is 5.85. The van der Waals surface area contributed by atoms with Gasteiger partial charge >= 0.3 is 5.97 Å². The van der Waals surface area contributed by atoms with E-state index in [0.717, 1.165) is 0 Å². The first-order valence-electron chi connectivity index (χ1n) is 3.13. The lowest BCUT2D eigenvalue weighted by Gasteiger charge is -1.93. The van der Waals surface area contributed by atoms with Crippen molar-refractivity contribution in [3.8, 4) is 0 Å². The molecule has 0 saturated heterocycles. The molecule has 1 rings (SSSR count). The number of aromatic nitrogens is 2. The van der Waals surface area contributed by atoms with E-state index in [1.54, 1.807) is 0 Å². The van der Waals surface area contributed by atoms with Gasteiger partial charge in [-0.3, -0.25) is 4.79 Å². The number of carbonyl (C=O) groups excluding carboxylic acids is 1. The quantitative estimate of drug-likeness (QED) is 0.610. The Hall–Kier alpha value is -1.85. The van der Waals surface area contributed by atoms with Crippen molar-refractivity contribution in [2.45, 2.75) is 6.54 Å². The maximum Gasteiger partial charge on any atom is 0.356 e. The standard InChI is InChI=1S/C6H7N3O3/c7-5(10)2-9-1-4(6(11)12)8-3-9/h1,3H,2H2,(H2,7,10)(H,11,12). The number of nitrogens with two attached hydrogens (primary N) is 1. The van der Waals surface area contributed by atoms with Gasteiger partial charge in [0.2, 0.25) is 5.91 Å². The average molecular weight is 169 g/mol. The summed E-state index contributed by atoms with van der Waals surface area (Å²) in [5, 5.41) is 8.44. The lowest BCUT2D eigenvalue weighted by atomic mass is 10.5. The normalized spacial score (nSPS) is 9.67. The van der Waals surface area contributed by atoms with E-state index in [0.29, 0.717) is 0 Å². The second-order valence-corrected chi connectivity index (χ2v) is 2.20. The minimum Gasteiger partial charge on any atom is -0.476 e. The van der Waals surface area contributed by atoms with E-state index >= 15 is 0 Å². The predicted octanol–water partition coefficient (Wildman–Crippen LogP) is -0.933. The van der Waals surface area contributed by atoms with Gasteiger partial charge < -0.3 is 15.4 Å². The number of hydrogen-bond donors (Lipinski definition) is 2. The van der Waals surface area contributed by atoms with Crippen LogP contribution in [0.2, 0.25) is 0 Å². The molecule has 0 bridgehead atoms. The molecule has 0 unspecified atom stereocenters. The topological polar surface area (TPSA) is 98.2 Å². The summed E-state index contributed by atoms with van der Waals surface area (Å²) in [4.78, 5) is 24.2. The molecule has 0 aromatic carbocycles. The van der Waals surface area contributed by atoms with Crippen LogP contribution in [-0.2, 0) is 11.3 Å². The minimum atomic E-state index is -1.13. The molecule has 1 amide bonds. The average Bonchev–Trinajstić information content (AvgIpc) is 2.34. The molecule has 0 radical (unpaired) electrons. The lowest BCUT2D eigenvalue weighted by Crippen LogP contribution is -2.17. The maximum atomic E-state index is 10.4. The third kappa shape index (κ3) is 1.82. The molecule has 3 N–H and O–H groups in total. The van der Waals surface area contributed by atoms with Crippen LogP contribution >= 0.6 is 0 Å². The fraction of sp³-hybridized carbons (Fsp3) is 0.167. The molecule has 0 fully saturated rings. The van der Waals surface area contributed by atoms with Crippen molar-refractivity contribution >= 4 is 11.9 Å². The van der Waals surface area contributed by atoms with Crippen LogP contribution in [0.3, 0.4) is 0 Å². The fourth-order valence-electron chi connectivity index (χ4n) is 0.737. The van der Waals surface area contributed by atoms with Crippen LogP contribution in [0.1, 0.15) is 10.5 Å². The Morgan fingerprint density at radius 3 is 2.75 bits per heavy atom. The molecule has 6 nitrogen and oxygen atoms in total. The van der Waals surface area contributed by atoms with Crippen LogP contribution < -0.4 is 5.73 Å². The number of rotatable bonds is 3.